The maximum atomic E-state index is 6.07. The highest BCUT2D eigenvalue weighted by molar-refractivity contribution is 6.34. The minimum absolute atomic E-state index is 0.715. The van der Waals surface area contributed by atoms with Crippen molar-refractivity contribution in [2.24, 2.45) is 0 Å². The summed E-state index contributed by atoms with van der Waals surface area (Å²) in [6.45, 7) is 3.53. The maximum absolute atomic E-state index is 6.07. The Hall–Kier alpha value is -0.890. The number of ether oxygens (including phenoxy) is 1. The molecule has 12 heavy (non-hydrogen) atoms. The number of anilines is 1. The van der Waals surface area contributed by atoms with Gasteiger partial charge in [0.1, 0.15) is 12.4 Å². The Labute approximate surface area is 76.5 Å². The average Bonchev–Trinajstić information content (AvgIpc) is 2.12. The predicted octanol–water partition coefficient (Wildman–Crippen LogP) is 2.45. The zero-order valence-electron chi connectivity index (χ0n) is 6.86. The molecule has 1 aromatic rings. The number of halogens is 1. The van der Waals surface area contributed by atoms with E-state index in [2.05, 4.69) is 5.32 Å². The van der Waals surface area contributed by atoms with Gasteiger partial charge in [0.2, 0.25) is 0 Å². The van der Waals surface area contributed by atoms with Gasteiger partial charge in [0, 0.05) is 6.54 Å². The van der Waals surface area contributed by atoms with Gasteiger partial charge in [0.25, 0.3) is 0 Å². The number of nitrogens with one attached hydrogen (secondary N) is 1. The molecule has 1 aromatic carbocycles. The van der Waals surface area contributed by atoms with Crippen LogP contribution in [0.1, 0.15) is 5.56 Å². The van der Waals surface area contributed by atoms with Crippen LogP contribution in [-0.4, -0.2) is 13.2 Å². The number of hydrogen-bond acceptors (Lipinski definition) is 2. The molecule has 0 unspecified atom stereocenters. The van der Waals surface area contributed by atoms with E-state index in [-0.39, 0.29) is 0 Å². The van der Waals surface area contributed by atoms with Crippen molar-refractivity contribution in [3.63, 3.8) is 0 Å². The lowest BCUT2D eigenvalue weighted by atomic mass is 10.2. The minimum atomic E-state index is 0.715. The van der Waals surface area contributed by atoms with Crippen molar-refractivity contribution in [2.45, 2.75) is 6.92 Å². The standard InChI is InChI=1S/C9H10ClNO/c1-6-2-3-7-9(8(6)10)11-4-5-12-7/h2-3,11H,4-5H2,1H3. The molecule has 1 N–H and O–H groups in total. The third-order valence-corrected chi connectivity index (χ3v) is 2.45. The van der Waals surface area contributed by atoms with Crippen LogP contribution in [0.15, 0.2) is 12.1 Å². The Kier molecular flexibility index (Phi) is 1.85. The van der Waals surface area contributed by atoms with Crippen molar-refractivity contribution in [3.8, 4) is 5.75 Å². The first-order valence-electron chi connectivity index (χ1n) is 3.95. The molecule has 0 spiro atoms. The monoisotopic (exact) mass is 183 g/mol. The van der Waals surface area contributed by atoms with Crippen LogP contribution in [0.4, 0.5) is 5.69 Å². The largest absolute Gasteiger partial charge is 0.490 e. The van der Waals surface area contributed by atoms with E-state index in [0.717, 1.165) is 28.6 Å². The van der Waals surface area contributed by atoms with Gasteiger partial charge in [-0.25, -0.2) is 0 Å². The normalized spacial score (nSPS) is 14.5. The molecule has 64 valence electrons. The molecule has 0 amide bonds. The van der Waals surface area contributed by atoms with Crippen molar-refractivity contribution in [1.29, 1.82) is 0 Å². The second-order valence-corrected chi connectivity index (χ2v) is 3.22. The van der Waals surface area contributed by atoms with Crippen LogP contribution in [0.2, 0.25) is 5.02 Å². The molecule has 0 saturated heterocycles. The van der Waals surface area contributed by atoms with E-state index in [1.807, 2.05) is 19.1 Å². The third kappa shape index (κ3) is 1.12. The van der Waals surface area contributed by atoms with Crippen molar-refractivity contribution < 1.29 is 4.74 Å². The van der Waals surface area contributed by atoms with E-state index >= 15 is 0 Å². The van der Waals surface area contributed by atoms with Gasteiger partial charge in [-0.15, -0.1) is 0 Å². The highest BCUT2D eigenvalue weighted by Gasteiger charge is 2.13. The SMILES string of the molecule is Cc1ccc2c(c1Cl)NCCO2. The smallest absolute Gasteiger partial charge is 0.144 e. The number of rotatable bonds is 0. The van der Waals surface area contributed by atoms with Gasteiger partial charge >= 0.3 is 0 Å². The lowest BCUT2D eigenvalue weighted by Gasteiger charge is -2.20. The molecule has 0 aliphatic carbocycles. The Morgan fingerprint density at radius 2 is 2.33 bits per heavy atom. The lowest BCUT2D eigenvalue weighted by Crippen LogP contribution is -2.18. The first-order chi connectivity index (χ1) is 5.79. The van der Waals surface area contributed by atoms with Crippen molar-refractivity contribution in [2.75, 3.05) is 18.5 Å². The van der Waals surface area contributed by atoms with E-state index in [1.54, 1.807) is 0 Å². The molecule has 0 bridgehead atoms. The van der Waals surface area contributed by atoms with Gasteiger partial charge in [0.15, 0.2) is 0 Å². The first-order valence-corrected chi connectivity index (χ1v) is 4.32. The first kappa shape index (κ1) is 7.74. The molecule has 0 saturated carbocycles. The van der Waals surface area contributed by atoms with E-state index in [9.17, 15) is 0 Å². The number of benzene rings is 1. The predicted molar refractivity (Wildman–Crippen MR) is 50.2 cm³/mol. The van der Waals surface area contributed by atoms with Gasteiger partial charge in [0.05, 0.1) is 10.7 Å². The molecule has 2 nitrogen and oxygen atoms in total. The van der Waals surface area contributed by atoms with Crippen molar-refractivity contribution in [1.82, 2.24) is 0 Å². The van der Waals surface area contributed by atoms with Gasteiger partial charge < -0.3 is 10.1 Å². The molecular weight excluding hydrogens is 174 g/mol. The molecule has 1 aliphatic rings. The van der Waals surface area contributed by atoms with Crippen LogP contribution in [0.5, 0.6) is 5.75 Å². The van der Waals surface area contributed by atoms with E-state index in [1.165, 1.54) is 0 Å². The zero-order valence-corrected chi connectivity index (χ0v) is 7.61. The molecule has 0 radical (unpaired) electrons. The summed E-state index contributed by atoms with van der Waals surface area (Å²) in [5.41, 5.74) is 2.01. The van der Waals surface area contributed by atoms with Crippen LogP contribution in [0.3, 0.4) is 0 Å². The van der Waals surface area contributed by atoms with E-state index in [4.69, 9.17) is 16.3 Å². The Bertz CT molecular complexity index is 312. The highest BCUT2D eigenvalue weighted by atomic mass is 35.5. The minimum Gasteiger partial charge on any atom is -0.490 e. The highest BCUT2D eigenvalue weighted by Crippen LogP contribution is 2.36. The Morgan fingerprint density at radius 1 is 1.50 bits per heavy atom. The van der Waals surface area contributed by atoms with Crippen LogP contribution in [-0.2, 0) is 0 Å². The van der Waals surface area contributed by atoms with Crippen LogP contribution < -0.4 is 10.1 Å². The second-order valence-electron chi connectivity index (χ2n) is 2.84. The molecule has 0 aromatic heterocycles. The zero-order chi connectivity index (χ0) is 8.55. The lowest BCUT2D eigenvalue weighted by molar-refractivity contribution is 0.323. The third-order valence-electron chi connectivity index (χ3n) is 1.96. The summed E-state index contributed by atoms with van der Waals surface area (Å²) in [5, 5.41) is 3.99. The summed E-state index contributed by atoms with van der Waals surface area (Å²) >= 11 is 6.07. The summed E-state index contributed by atoms with van der Waals surface area (Å²) in [6, 6.07) is 3.91. The van der Waals surface area contributed by atoms with Gasteiger partial charge in [-0.3, -0.25) is 0 Å². The molecule has 1 aliphatic heterocycles. The quantitative estimate of drug-likeness (QED) is 0.667. The van der Waals surface area contributed by atoms with Crippen LogP contribution >= 0.6 is 11.6 Å². The van der Waals surface area contributed by atoms with Gasteiger partial charge in [-0.2, -0.15) is 0 Å². The Morgan fingerprint density at radius 3 is 3.17 bits per heavy atom. The van der Waals surface area contributed by atoms with Gasteiger partial charge in [-0.1, -0.05) is 17.7 Å². The number of fused-ring (bicyclic) bond motifs is 1. The summed E-state index contributed by atoms with van der Waals surface area (Å²) in [7, 11) is 0. The fourth-order valence-electron chi connectivity index (χ4n) is 1.28. The fourth-order valence-corrected chi connectivity index (χ4v) is 1.51. The van der Waals surface area contributed by atoms with E-state index in [0.29, 0.717) is 6.61 Å². The molecule has 0 fully saturated rings. The molecule has 0 atom stereocenters. The second kappa shape index (κ2) is 2.87. The van der Waals surface area contributed by atoms with Gasteiger partial charge in [-0.05, 0) is 18.6 Å². The topological polar surface area (TPSA) is 21.3 Å². The summed E-state index contributed by atoms with van der Waals surface area (Å²) in [4.78, 5) is 0. The molecule has 2 rings (SSSR count). The maximum Gasteiger partial charge on any atom is 0.144 e. The van der Waals surface area contributed by atoms with Crippen molar-refractivity contribution in [3.05, 3.63) is 22.7 Å². The Balaban J connectivity index is 2.54. The average molecular weight is 184 g/mol. The fraction of sp³-hybridized carbons (Fsp3) is 0.333. The van der Waals surface area contributed by atoms with E-state index < -0.39 is 0 Å². The number of aryl methyl sites for hydroxylation is 1. The van der Waals surface area contributed by atoms with Crippen LogP contribution in [0.25, 0.3) is 0 Å². The number of hydrogen-bond donors (Lipinski definition) is 1. The molecule has 1 heterocycles. The van der Waals surface area contributed by atoms with Crippen molar-refractivity contribution >= 4 is 17.3 Å². The van der Waals surface area contributed by atoms with Crippen LogP contribution in [0, 0.1) is 6.92 Å². The molecular formula is C9H10ClNO. The summed E-state index contributed by atoms with van der Waals surface area (Å²) in [5.74, 6) is 0.858. The molecule has 3 heteroatoms. The summed E-state index contributed by atoms with van der Waals surface area (Å²) in [6.07, 6.45) is 0. The summed E-state index contributed by atoms with van der Waals surface area (Å²) < 4.78 is 5.41.